The molecule has 11 heteroatoms. The third-order valence-electron chi connectivity index (χ3n) is 3.82. The van der Waals surface area contributed by atoms with Crippen molar-refractivity contribution in [1.82, 2.24) is 9.03 Å². The summed E-state index contributed by atoms with van der Waals surface area (Å²) in [5.74, 6) is -0.671. The topological polar surface area (TPSA) is 110 Å². The average Bonchev–Trinajstić information content (AvgIpc) is 3.05. The van der Waals surface area contributed by atoms with E-state index < -0.39 is 26.0 Å². The van der Waals surface area contributed by atoms with E-state index >= 15 is 0 Å². The van der Waals surface area contributed by atoms with E-state index in [-0.39, 0.29) is 34.7 Å². The van der Waals surface area contributed by atoms with E-state index in [9.17, 15) is 21.6 Å². The van der Waals surface area contributed by atoms with E-state index in [1.807, 2.05) is 0 Å². The Bertz CT molecular complexity index is 791. The van der Waals surface area contributed by atoms with Crippen LogP contribution in [0.2, 0.25) is 0 Å². The number of esters is 1. The van der Waals surface area contributed by atoms with Gasteiger partial charge in [-0.05, 0) is 31.2 Å². The molecule has 24 heavy (non-hydrogen) atoms. The third kappa shape index (κ3) is 4.14. The fraction of sp³-hybridized carbons (Fsp3) is 0.615. The summed E-state index contributed by atoms with van der Waals surface area (Å²) in [6.45, 7) is 2.13. The van der Waals surface area contributed by atoms with Gasteiger partial charge in [-0.3, -0.25) is 0 Å². The van der Waals surface area contributed by atoms with Crippen LogP contribution >= 0.6 is 11.3 Å². The second-order valence-electron chi connectivity index (χ2n) is 5.30. The summed E-state index contributed by atoms with van der Waals surface area (Å²) in [4.78, 5) is 11.6. The molecule has 2 rings (SSSR count). The molecule has 8 nitrogen and oxygen atoms in total. The Morgan fingerprint density at radius 2 is 1.96 bits per heavy atom. The summed E-state index contributed by atoms with van der Waals surface area (Å²) in [5, 5.41) is 1.51. The van der Waals surface area contributed by atoms with Crippen molar-refractivity contribution in [3.05, 3.63) is 16.3 Å². The van der Waals surface area contributed by atoms with E-state index in [2.05, 4.69) is 9.46 Å². The van der Waals surface area contributed by atoms with E-state index in [1.54, 1.807) is 6.92 Å². The molecule has 0 aromatic carbocycles. The molecule has 0 amide bonds. The van der Waals surface area contributed by atoms with Crippen molar-refractivity contribution in [2.24, 2.45) is 0 Å². The van der Waals surface area contributed by atoms with E-state index in [0.717, 1.165) is 11.3 Å². The van der Waals surface area contributed by atoms with Crippen LogP contribution < -0.4 is 4.72 Å². The molecule has 1 aromatic rings. The van der Waals surface area contributed by atoms with Gasteiger partial charge in [-0.25, -0.2) is 30.7 Å². The number of thiophene rings is 1. The molecule has 136 valence electrons. The van der Waals surface area contributed by atoms with Gasteiger partial charge in [0.05, 0.1) is 12.9 Å². The minimum atomic E-state index is -3.87. The van der Waals surface area contributed by atoms with E-state index in [4.69, 9.17) is 0 Å². The molecule has 2 heterocycles. The monoisotopic (exact) mass is 396 g/mol. The number of rotatable bonds is 6. The van der Waals surface area contributed by atoms with Crippen molar-refractivity contribution in [1.29, 1.82) is 0 Å². The quantitative estimate of drug-likeness (QED) is 0.706. The number of carbonyl (C=O) groups is 1. The van der Waals surface area contributed by atoms with Crippen molar-refractivity contribution in [2.75, 3.05) is 26.0 Å². The molecular weight excluding hydrogens is 376 g/mol. The van der Waals surface area contributed by atoms with Gasteiger partial charge in [0.15, 0.2) is 0 Å². The van der Waals surface area contributed by atoms with Crippen molar-refractivity contribution >= 4 is 37.4 Å². The van der Waals surface area contributed by atoms with Crippen LogP contribution in [0.25, 0.3) is 0 Å². The Hall–Kier alpha value is -1.01. The predicted molar refractivity (Wildman–Crippen MR) is 90.0 cm³/mol. The minimum Gasteiger partial charge on any atom is -0.465 e. The number of sulfonamides is 2. The van der Waals surface area contributed by atoms with Crippen LogP contribution in [0.4, 0.5) is 0 Å². The molecule has 1 aliphatic heterocycles. The molecule has 0 bridgehead atoms. The molecular formula is C13H20N2O6S3. The second-order valence-corrected chi connectivity index (χ2v) is 10.2. The first-order chi connectivity index (χ1) is 11.2. The fourth-order valence-corrected chi connectivity index (χ4v) is 6.24. The van der Waals surface area contributed by atoms with Crippen LogP contribution in [0.1, 0.15) is 29.4 Å². The van der Waals surface area contributed by atoms with Gasteiger partial charge in [0.25, 0.3) is 0 Å². The molecule has 1 aromatic heterocycles. The molecule has 0 saturated carbocycles. The average molecular weight is 397 g/mol. The number of piperidine rings is 1. The number of hydrogen-bond acceptors (Lipinski definition) is 7. The first kappa shape index (κ1) is 19.3. The van der Waals surface area contributed by atoms with Gasteiger partial charge in [-0.2, -0.15) is 0 Å². The summed E-state index contributed by atoms with van der Waals surface area (Å²) < 4.78 is 57.2. The largest absolute Gasteiger partial charge is 0.465 e. The lowest BCUT2D eigenvalue weighted by molar-refractivity contribution is 0.0602. The molecule has 1 N–H and O–H groups in total. The highest BCUT2D eigenvalue weighted by Crippen LogP contribution is 2.24. The normalized spacial score (nSPS) is 17.8. The highest BCUT2D eigenvalue weighted by atomic mass is 32.2. The zero-order chi connectivity index (χ0) is 18.0. The molecule has 0 aliphatic carbocycles. The highest BCUT2D eigenvalue weighted by Gasteiger charge is 2.31. The van der Waals surface area contributed by atoms with Gasteiger partial charge in [-0.15, -0.1) is 11.3 Å². The van der Waals surface area contributed by atoms with Crippen LogP contribution in [0.5, 0.6) is 0 Å². The van der Waals surface area contributed by atoms with Gasteiger partial charge in [0, 0.05) is 19.1 Å². The number of ether oxygens (including phenoxy) is 1. The Morgan fingerprint density at radius 1 is 1.33 bits per heavy atom. The molecule has 1 saturated heterocycles. The SMILES string of the molecule is CCS(=O)(=O)N1CCC(NS(=O)(=O)c2ccsc2C(=O)OC)CC1. The molecule has 0 radical (unpaired) electrons. The minimum absolute atomic E-state index is 0.0241. The van der Waals surface area contributed by atoms with Crippen molar-refractivity contribution in [2.45, 2.75) is 30.7 Å². The van der Waals surface area contributed by atoms with Gasteiger partial charge in [-0.1, -0.05) is 0 Å². The zero-order valence-electron chi connectivity index (χ0n) is 13.4. The number of nitrogens with one attached hydrogen (secondary N) is 1. The van der Waals surface area contributed by atoms with Crippen LogP contribution in [-0.2, 0) is 24.8 Å². The summed E-state index contributed by atoms with van der Waals surface area (Å²) >= 11 is 0.997. The summed E-state index contributed by atoms with van der Waals surface area (Å²) in [6, 6.07) is 0.985. The number of hydrogen-bond donors (Lipinski definition) is 1. The summed E-state index contributed by atoms with van der Waals surface area (Å²) in [5.41, 5.74) is 0. The van der Waals surface area contributed by atoms with Crippen molar-refractivity contribution in [3.63, 3.8) is 0 Å². The van der Waals surface area contributed by atoms with Crippen LogP contribution in [0.3, 0.4) is 0 Å². The van der Waals surface area contributed by atoms with Gasteiger partial charge < -0.3 is 4.74 Å². The molecule has 1 fully saturated rings. The maximum Gasteiger partial charge on any atom is 0.349 e. The standard InChI is InChI=1S/C13H20N2O6S3/c1-3-23(17,18)15-7-4-10(5-8-15)14-24(19,20)11-6-9-22-12(11)13(16)21-2/h6,9-10,14H,3-5,7-8H2,1-2H3. The molecule has 1 aliphatic rings. The lowest BCUT2D eigenvalue weighted by Crippen LogP contribution is -2.46. The number of methoxy groups -OCH3 is 1. The zero-order valence-corrected chi connectivity index (χ0v) is 15.8. The Morgan fingerprint density at radius 3 is 2.50 bits per heavy atom. The molecule has 0 unspecified atom stereocenters. The lowest BCUT2D eigenvalue weighted by atomic mass is 10.1. The van der Waals surface area contributed by atoms with Crippen LogP contribution in [0.15, 0.2) is 16.3 Å². The smallest absolute Gasteiger partial charge is 0.349 e. The summed E-state index contributed by atoms with van der Waals surface area (Å²) in [6.07, 6.45) is 0.770. The third-order valence-corrected chi connectivity index (χ3v) is 8.29. The Kier molecular flexibility index (Phi) is 6.02. The van der Waals surface area contributed by atoms with E-state index in [1.165, 1.54) is 22.9 Å². The predicted octanol–water partition coefficient (Wildman–Crippen LogP) is 0.627. The molecule has 0 spiro atoms. The number of nitrogens with zero attached hydrogens (tertiary/aromatic N) is 1. The van der Waals surface area contributed by atoms with Gasteiger partial charge >= 0.3 is 5.97 Å². The van der Waals surface area contributed by atoms with Crippen LogP contribution in [0, 0.1) is 0 Å². The first-order valence-corrected chi connectivity index (χ1v) is 11.3. The van der Waals surface area contributed by atoms with Crippen molar-refractivity contribution < 1.29 is 26.4 Å². The van der Waals surface area contributed by atoms with Crippen molar-refractivity contribution in [3.8, 4) is 0 Å². The second kappa shape index (κ2) is 7.48. The molecule has 0 atom stereocenters. The van der Waals surface area contributed by atoms with E-state index in [0.29, 0.717) is 12.8 Å². The maximum atomic E-state index is 12.5. The van der Waals surface area contributed by atoms with Gasteiger partial charge in [0.2, 0.25) is 20.0 Å². The fourth-order valence-electron chi connectivity index (χ4n) is 2.47. The first-order valence-electron chi connectivity index (χ1n) is 7.37. The lowest BCUT2D eigenvalue weighted by Gasteiger charge is -2.31. The number of carbonyl (C=O) groups excluding carboxylic acids is 1. The van der Waals surface area contributed by atoms with Crippen LogP contribution in [-0.4, -0.2) is 59.1 Å². The van der Waals surface area contributed by atoms with Gasteiger partial charge in [0.1, 0.15) is 9.77 Å². The Labute approximate surface area is 145 Å². The summed E-state index contributed by atoms with van der Waals surface area (Å²) in [7, 11) is -5.94. The Balaban J connectivity index is 2.07. The highest BCUT2D eigenvalue weighted by molar-refractivity contribution is 7.89. The maximum absolute atomic E-state index is 12.5.